The zero-order valence-corrected chi connectivity index (χ0v) is 18.5. The molecule has 0 bridgehead atoms. The first-order valence-electron chi connectivity index (χ1n) is 9.85. The third-order valence-corrected chi connectivity index (χ3v) is 5.54. The number of aryl methyl sites for hydroxylation is 1. The monoisotopic (exact) mass is 457 g/mol. The maximum atomic E-state index is 10.2. The van der Waals surface area contributed by atoms with Crippen molar-refractivity contribution in [1.29, 1.82) is 0 Å². The molecule has 0 saturated heterocycles. The molecule has 9 heteroatoms. The summed E-state index contributed by atoms with van der Waals surface area (Å²) in [4.78, 5) is 12.5. The highest BCUT2D eigenvalue weighted by Gasteiger charge is 2.19. The molecular formula is C22H21Cl2N5O2. The van der Waals surface area contributed by atoms with E-state index in [-0.39, 0.29) is 12.5 Å². The second kappa shape index (κ2) is 8.99. The molecule has 0 radical (unpaired) electrons. The third-order valence-electron chi connectivity index (χ3n) is 4.90. The van der Waals surface area contributed by atoms with E-state index in [1.54, 1.807) is 24.4 Å². The molecule has 31 heavy (non-hydrogen) atoms. The van der Waals surface area contributed by atoms with Crippen LogP contribution in [0.3, 0.4) is 0 Å². The summed E-state index contributed by atoms with van der Waals surface area (Å²) in [7, 11) is 0. The van der Waals surface area contributed by atoms with Crippen LogP contribution >= 0.6 is 23.2 Å². The van der Waals surface area contributed by atoms with Crippen molar-refractivity contribution in [1.82, 2.24) is 24.9 Å². The molecule has 0 aliphatic carbocycles. The Morgan fingerprint density at radius 2 is 1.81 bits per heavy atom. The number of aromatic nitrogens is 5. The number of rotatable bonds is 7. The quantitative estimate of drug-likeness (QED) is 0.388. The molecule has 3 aromatic heterocycles. The predicted octanol–water partition coefficient (Wildman–Crippen LogP) is 5.15. The highest BCUT2D eigenvalue weighted by Crippen LogP contribution is 2.29. The Morgan fingerprint density at radius 1 is 1.03 bits per heavy atom. The number of halogens is 2. The molecule has 0 fully saturated rings. The van der Waals surface area contributed by atoms with E-state index in [0.29, 0.717) is 27.1 Å². The zero-order chi connectivity index (χ0) is 22.0. The first kappa shape index (κ1) is 21.2. The van der Waals surface area contributed by atoms with Crippen LogP contribution in [0.5, 0.6) is 0 Å². The summed E-state index contributed by atoms with van der Waals surface area (Å²) in [6.45, 7) is 4.27. The minimum Gasteiger partial charge on any atom is -0.411 e. The second-order valence-electron chi connectivity index (χ2n) is 7.10. The second-order valence-corrected chi connectivity index (χ2v) is 7.92. The first-order valence-corrected chi connectivity index (χ1v) is 10.6. The summed E-state index contributed by atoms with van der Waals surface area (Å²) in [5.74, 6) is -0.136. The number of nitrogens with zero attached hydrogens (tertiary/aromatic N) is 5. The molecule has 4 rings (SSSR count). The lowest BCUT2D eigenvalue weighted by atomic mass is 10.1. The van der Waals surface area contributed by atoms with Crippen molar-refractivity contribution in [2.24, 2.45) is 0 Å². The fourth-order valence-electron chi connectivity index (χ4n) is 3.17. The lowest BCUT2D eigenvalue weighted by Gasteiger charge is -2.13. The topological polar surface area (TPSA) is 78.0 Å². The van der Waals surface area contributed by atoms with E-state index in [0.717, 1.165) is 28.2 Å². The number of hydrogen-bond acceptors (Lipinski definition) is 5. The maximum absolute atomic E-state index is 10.2. The Bertz CT molecular complexity index is 1200. The molecule has 0 saturated carbocycles. The van der Waals surface area contributed by atoms with Gasteiger partial charge in [-0.2, -0.15) is 0 Å². The maximum Gasteiger partial charge on any atom is 0.130 e. The molecule has 1 aromatic carbocycles. The normalized spacial score (nSPS) is 12.1. The van der Waals surface area contributed by atoms with Crippen molar-refractivity contribution in [3.05, 3.63) is 76.2 Å². The van der Waals surface area contributed by atoms with E-state index in [1.165, 1.54) is 4.85 Å². The van der Waals surface area contributed by atoms with E-state index < -0.39 is 0 Å². The summed E-state index contributed by atoms with van der Waals surface area (Å²) >= 11 is 12.6. The van der Waals surface area contributed by atoms with Crippen LogP contribution in [0, 0.1) is 0 Å². The molecule has 0 spiro atoms. The van der Waals surface area contributed by atoms with E-state index in [2.05, 4.69) is 15.2 Å². The van der Waals surface area contributed by atoms with Crippen LogP contribution < -0.4 is 4.84 Å². The molecule has 7 nitrogen and oxygen atoms in total. The number of pyridine rings is 1. The van der Waals surface area contributed by atoms with E-state index >= 15 is 0 Å². The van der Waals surface area contributed by atoms with Gasteiger partial charge in [-0.3, -0.25) is 4.98 Å². The Kier molecular flexibility index (Phi) is 6.15. The van der Waals surface area contributed by atoms with Gasteiger partial charge in [0, 0.05) is 17.7 Å². The van der Waals surface area contributed by atoms with Gasteiger partial charge in [0.1, 0.15) is 23.7 Å². The van der Waals surface area contributed by atoms with Crippen molar-refractivity contribution in [3.8, 4) is 22.6 Å². The Hall–Kier alpha value is -3.03. The van der Waals surface area contributed by atoms with Crippen LogP contribution in [-0.2, 0) is 6.42 Å². The Morgan fingerprint density at radius 3 is 2.55 bits per heavy atom. The number of benzene rings is 1. The molecular weight excluding hydrogens is 437 g/mol. The highest BCUT2D eigenvalue weighted by molar-refractivity contribution is 6.33. The van der Waals surface area contributed by atoms with Gasteiger partial charge in [-0.25, -0.2) is 0 Å². The van der Waals surface area contributed by atoms with Crippen molar-refractivity contribution in [3.63, 3.8) is 0 Å². The third kappa shape index (κ3) is 4.38. The Labute approximate surface area is 189 Å². The zero-order valence-electron chi connectivity index (χ0n) is 17.0. The van der Waals surface area contributed by atoms with Crippen LogP contribution in [0.2, 0.25) is 10.0 Å². The SMILES string of the molecule is CCc1cc(-c2ccccc2Cl)n(OCC(C)c2cc(-c3ncccc3Cl)n(O)n2)n1. The Balaban J connectivity index is 1.56. The molecule has 1 unspecified atom stereocenters. The first-order chi connectivity index (χ1) is 15.0. The fourth-order valence-corrected chi connectivity index (χ4v) is 3.62. The van der Waals surface area contributed by atoms with Crippen LogP contribution in [0.1, 0.15) is 31.2 Å². The molecule has 0 aliphatic rings. The van der Waals surface area contributed by atoms with Gasteiger partial charge in [-0.05, 0) is 36.8 Å². The minimum atomic E-state index is -0.136. The van der Waals surface area contributed by atoms with Crippen molar-refractivity contribution in [2.45, 2.75) is 26.2 Å². The van der Waals surface area contributed by atoms with Gasteiger partial charge in [0.2, 0.25) is 0 Å². The van der Waals surface area contributed by atoms with E-state index in [1.807, 2.05) is 44.2 Å². The molecule has 1 atom stereocenters. The molecule has 4 aromatic rings. The number of hydrogen-bond donors (Lipinski definition) is 1. The smallest absolute Gasteiger partial charge is 0.130 e. The van der Waals surface area contributed by atoms with Crippen LogP contribution in [0.25, 0.3) is 22.6 Å². The van der Waals surface area contributed by atoms with Gasteiger partial charge >= 0.3 is 0 Å². The molecule has 0 aliphatic heterocycles. The molecule has 160 valence electrons. The minimum absolute atomic E-state index is 0.136. The summed E-state index contributed by atoms with van der Waals surface area (Å²) in [5.41, 5.74) is 4.03. The standard InChI is InChI=1S/C22H21Cl2N5O2/c1-3-15-11-20(16-7-4-5-8-17(16)23)29(26-15)31-13-14(2)19-12-21(28(30)27-19)22-18(24)9-6-10-25-22/h4-12,14,30H,3,13H2,1-2H3. The molecule has 1 N–H and O–H groups in total. The molecule has 3 heterocycles. The van der Waals surface area contributed by atoms with Gasteiger partial charge in [0.15, 0.2) is 0 Å². The van der Waals surface area contributed by atoms with Crippen molar-refractivity contribution in [2.75, 3.05) is 6.61 Å². The van der Waals surface area contributed by atoms with Crippen LogP contribution in [0.15, 0.2) is 54.7 Å². The average Bonchev–Trinajstić information content (AvgIpc) is 3.36. The van der Waals surface area contributed by atoms with Gasteiger partial charge in [-0.1, -0.05) is 64.9 Å². The summed E-state index contributed by atoms with van der Waals surface area (Å²) in [6.07, 6.45) is 2.38. The predicted molar refractivity (Wildman–Crippen MR) is 120 cm³/mol. The van der Waals surface area contributed by atoms with Gasteiger partial charge < -0.3 is 10.0 Å². The lowest BCUT2D eigenvalue weighted by molar-refractivity contribution is 0.0752. The van der Waals surface area contributed by atoms with Gasteiger partial charge in [-0.15, -0.1) is 10.2 Å². The average molecular weight is 458 g/mol. The van der Waals surface area contributed by atoms with E-state index in [9.17, 15) is 5.21 Å². The van der Waals surface area contributed by atoms with Crippen LogP contribution in [-0.4, -0.2) is 36.7 Å². The van der Waals surface area contributed by atoms with Gasteiger partial charge in [0.25, 0.3) is 0 Å². The van der Waals surface area contributed by atoms with Crippen LogP contribution in [0.4, 0.5) is 0 Å². The highest BCUT2D eigenvalue weighted by atomic mass is 35.5. The lowest BCUT2D eigenvalue weighted by Crippen LogP contribution is -2.20. The summed E-state index contributed by atoms with van der Waals surface area (Å²) in [5, 5.41) is 20.0. The summed E-state index contributed by atoms with van der Waals surface area (Å²) < 4.78 is 0. The van der Waals surface area contributed by atoms with Crippen molar-refractivity contribution >= 4 is 23.2 Å². The summed E-state index contributed by atoms with van der Waals surface area (Å²) in [6, 6.07) is 14.7. The molecule has 0 amide bonds. The largest absolute Gasteiger partial charge is 0.411 e. The van der Waals surface area contributed by atoms with Gasteiger partial charge in [0.05, 0.1) is 21.4 Å². The van der Waals surface area contributed by atoms with E-state index in [4.69, 9.17) is 28.0 Å². The fraction of sp³-hybridized carbons (Fsp3) is 0.227. The van der Waals surface area contributed by atoms with Crippen molar-refractivity contribution < 1.29 is 10.0 Å².